The zero-order chi connectivity index (χ0) is 13.9. The van der Waals surface area contributed by atoms with Gasteiger partial charge in [0.15, 0.2) is 0 Å². The molecule has 1 aromatic carbocycles. The van der Waals surface area contributed by atoms with E-state index in [-0.39, 0.29) is 0 Å². The van der Waals surface area contributed by atoms with Crippen LogP contribution < -0.4 is 4.72 Å². The Morgan fingerprint density at radius 1 is 1.33 bits per heavy atom. The van der Waals surface area contributed by atoms with Gasteiger partial charge in [-0.05, 0) is 38.5 Å². The highest BCUT2D eigenvalue weighted by molar-refractivity contribution is 7.84. The molecule has 0 saturated carbocycles. The molecule has 0 aromatic heterocycles. The van der Waals surface area contributed by atoms with E-state index in [0.717, 1.165) is 0 Å². The maximum Gasteiger partial charge on any atom is 0.326 e. The average molecular weight is 290 g/mol. The lowest BCUT2D eigenvalue weighted by atomic mass is 10.1. The van der Waals surface area contributed by atoms with Crippen LogP contribution in [0.3, 0.4) is 0 Å². The van der Waals surface area contributed by atoms with E-state index in [1.54, 1.807) is 45.0 Å². The Morgan fingerprint density at radius 2 is 1.83 bits per heavy atom. The number of nitrogens with one attached hydrogen (secondary N) is 1. The molecule has 1 rings (SSSR count). The van der Waals surface area contributed by atoms with Crippen molar-refractivity contribution in [2.24, 2.45) is 0 Å². The molecule has 1 unspecified atom stereocenters. The number of carboxylic acids is 1. The van der Waals surface area contributed by atoms with Gasteiger partial charge in [0.25, 0.3) is 0 Å². The zero-order valence-electron chi connectivity index (χ0n) is 10.4. The molecule has 0 fully saturated rings. The molecule has 0 radical (unpaired) electrons. The Labute approximate surface area is 114 Å². The van der Waals surface area contributed by atoms with E-state index >= 15 is 0 Å². The van der Waals surface area contributed by atoms with E-state index in [4.69, 9.17) is 11.6 Å². The summed E-state index contributed by atoms with van der Waals surface area (Å²) in [7, 11) is -1.46. The lowest BCUT2D eigenvalue weighted by Crippen LogP contribution is -2.38. The van der Waals surface area contributed by atoms with Crippen LogP contribution in [0.5, 0.6) is 0 Å². The van der Waals surface area contributed by atoms with Gasteiger partial charge in [-0.3, -0.25) is 4.79 Å². The van der Waals surface area contributed by atoms with Crippen LogP contribution in [0, 0.1) is 0 Å². The molecule has 0 aliphatic rings. The smallest absolute Gasteiger partial charge is 0.326 e. The van der Waals surface area contributed by atoms with Crippen LogP contribution in [0.1, 0.15) is 32.4 Å². The molecule has 100 valence electrons. The van der Waals surface area contributed by atoms with Crippen LogP contribution >= 0.6 is 11.6 Å². The molecular weight excluding hydrogens is 274 g/mol. The summed E-state index contributed by atoms with van der Waals surface area (Å²) in [6, 6.07) is 5.41. The van der Waals surface area contributed by atoms with Crippen molar-refractivity contribution in [1.29, 1.82) is 0 Å². The highest BCUT2D eigenvalue weighted by Crippen LogP contribution is 2.19. The van der Waals surface area contributed by atoms with Crippen LogP contribution in [0.25, 0.3) is 0 Å². The lowest BCUT2D eigenvalue weighted by molar-refractivity contribution is -0.139. The molecule has 0 aliphatic carbocycles. The quantitative estimate of drug-likeness (QED) is 0.895. The normalized spacial score (nSPS) is 15.1. The summed E-state index contributed by atoms with van der Waals surface area (Å²) >= 11 is 5.75. The first kappa shape index (κ1) is 15.1. The maximum absolute atomic E-state index is 11.9. The first-order valence-electron chi connectivity index (χ1n) is 5.38. The molecule has 4 nitrogen and oxygen atoms in total. The number of benzene rings is 1. The largest absolute Gasteiger partial charge is 0.480 e. The minimum Gasteiger partial charge on any atom is -0.480 e. The van der Waals surface area contributed by atoms with Crippen molar-refractivity contribution in [3.05, 3.63) is 34.9 Å². The van der Waals surface area contributed by atoms with Gasteiger partial charge in [0.2, 0.25) is 0 Å². The van der Waals surface area contributed by atoms with Crippen molar-refractivity contribution >= 4 is 28.6 Å². The third-order valence-electron chi connectivity index (χ3n) is 2.23. The molecule has 0 bridgehead atoms. The van der Waals surface area contributed by atoms with Crippen LogP contribution in [-0.4, -0.2) is 20.0 Å². The number of carbonyl (C=O) groups is 1. The van der Waals surface area contributed by atoms with E-state index in [1.807, 2.05) is 0 Å². The maximum atomic E-state index is 11.9. The summed E-state index contributed by atoms with van der Waals surface area (Å²) in [6.07, 6.45) is 0. The van der Waals surface area contributed by atoms with Crippen LogP contribution in [0.4, 0.5) is 0 Å². The number of hydrogen-bond acceptors (Lipinski definition) is 2. The summed E-state index contributed by atoms with van der Waals surface area (Å²) < 4.78 is 14.0. The fourth-order valence-electron chi connectivity index (χ4n) is 1.20. The van der Waals surface area contributed by atoms with Crippen molar-refractivity contribution in [3.63, 3.8) is 0 Å². The summed E-state index contributed by atoms with van der Waals surface area (Å²) in [4.78, 5) is 11.2. The van der Waals surface area contributed by atoms with Gasteiger partial charge in [0, 0.05) is 5.02 Å². The highest BCUT2D eigenvalue weighted by Gasteiger charge is 2.27. The molecule has 0 aliphatic heterocycles. The summed E-state index contributed by atoms with van der Waals surface area (Å²) in [6.45, 7) is 5.32. The van der Waals surface area contributed by atoms with Gasteiger partial charge in [-0.25, -0.2) is 8.93 Å². The Bertz CT molecular complexity index is 453. The monoisotopic (exact) mass is 289 g/mol. The highest BCUT2D eigenvalue weighted by atomic mass is 35.5. The summed E-state index contributed by atoms with van der Waals surface area (Å²) in [5.74, 6) is -1.07. The molecule has 2 N–H and O–H groups in total. The predicted molar refractivity (Wildman–Crippen MR) is 72.9 cm³/mol. The van der Waals surface area contributed by atoms with Gasteiger partial charge in [-0.2, -0.15) is 0 Å². The van der Waals surface area contributed by atoms with Crippen molar-refractivity contribution in [2.45, 2.75) is 31.6 Å². The second kappa shape index (κ2) is 5.82. The van der Waals surface area contributed by atoms with Gasteiger partial charge >= 0.3 is 5.97 Å². The molecule has 0 amide bonds. The van der Waals surface area contributed by atoms with Crippen molar-refractivity contribution in [1.82, 2.24) is 4.72 Å². The average Bonchev–Trinajstić information content (AvgIpc) is 2.25. The number of hydrogen-bond donors (Lipinski definition) is 2. The summed E-state index contributed by atoms with van der Waals surface area (Å²) in [5.41, 5.74) is 0.518. The number of carboxylic acid groups (broad SMARTS) is 1. The molecule has 0 saturated heterocycles. The van der Waals surface area contributed by atoms with Gasteiger partial charge in [-0.1, -0.05) is 23.7 Å². The Morgan fingerprint density at radius 3 is 2.22 bits per heavy atom. The Kier molecular flexibility index (Phi) is 4.90. The third kappa shape index (κ3) is 4.08. The topological polar surface area (TPSA) is 66.4 Å². The van der Waals surface area contributed by atoms with Crippen molar-refractivity contribution in [2.75, 3.05) is 0 Å². The SMILES string of the molecule is CC(C)(C)S(=O)N[C@@H](C(=O)O)c1ccc(Cl)cc1. The first-order chi connectivity index (χ1) is 8.21. The minimum absolute atomic E-state index is 0.518. The molecule has 6 heteroatoms. The van der Waals surface area contributed by atoms with Gasteiger partial charge in [0.1, 0.15) is 6.04 Å². The van der Waals surface area contributed by atoms with E-state index in [0.29, 0.717) is 10.6 Å². The zero-order valence-corrected chi connectivity index (χ0v) is 12.0. The Hall–Kier alpha value is -0.910. The molecule has 1 aromatic rings. The predicted octanol–water partition coefficient (Wildman–Crippen LogP) is 2.52. The third-order valence-corrected chi connectivity index (χ3v) is 4.05. The molecule has 18 heavy (non-hydrogen) atoms. The second-order valence-electron chi connectivity index (χ2n) is 4.82. The van der Waals surface area contributed by atoms with E-state index in [2.05, 4.69) is 4.72 Å². The Balaban J connectivity index is 2.94. The van der Waals surface area contributed by atoms with Crippen molar-refractivity contribution < 1.29 is 14.1 Å². The standard InChI is InChI=1S/C12H16ClNO3S/c1-12(2,3)18(17)14-10(11(15)16)8-4-6-9(13)7-5-8/h4-7,10,14H,1-3H3,(H,15,16)/t10-,18?/m1/s1. The van der Waals surface area contributed by atoms with Crippen LogP contribution in [0.15, 0.2) is 24.3 Å². The first-order valence-corrected chi connectivity index (χ1v) is 6.91. The molecule has 2 atom stereocenters. The minimum atomic E-state index is -1.46. The van der Waals surface area contributed by atoms with E-state index in [9.17, 15) is 14.1 Å². The number of rotatable bonds is 4. The van der Waals surface area contributed by atoms with Crippen LogP contribution in [0.2, 0.25) is 5.02 Å². The number of halogens is 1. The van der Waals surface area contributed by atoms with Crippen molar-refractivity contribution in [3.8, 4) is 0 Å². The van der Waals surface area contributed by atoms with Gasteiger partial charge < -0.3 is 5.11 Å². The van der Waals surface area contributed by atoms with Gasteiger partial charge in [-0.15, -0.1) is 0 Å². The van der Waals surface area contributed by atoms with Gasteiger partial charge in [0.05, 0.1) is 15.7 Å². The summed E-state index contributed by atoms with van der Waals surface area (Å²) in [5, 5.41) is 9.71. The second-order valence-corrected chi connectivity index (χ2v) is 7.26. The molecular formula is C12H16ClNO3S. The fraction of sp³-hybridized carbons (Fsp3) is 0.417. The lowest BCUT2D eigenvalue weighted by Gasteiger charge is -2.22. The molecule has 0 heterocycles. The molecule has 0 spiro atoms. The van der Waals surface area contributed by atoms with Crippen LogP contribution in [-0.2, 0) is 15.8 Å². The van der Waals surface area contributed by atoms with E-state index < -0.39 is 27.7 Å². The van der Waals surface area contributed by atoms with E-state index in [1.165, 1.54) is 0 Å². The number of aliphatic carboxylic acids is 1. The fourth-order valence-corrected chi connectivity index (χ4v) is 2.13.